The Labute approximate surface area is 47.1 Å². The van der Waals surface area contributed by atoms with Crippen LogP contribution >= 0.6 is 0 Å². The van der Waals surface area contributed by atoms with Crippen LogP contribution in [0.15, 0.2) is 23.5 Å². The van der Waals surface area contributed by atoms with Crippen molar-refractivity contribution < 1.29 is 9.90 Å². The van der Waals surface area contributed by atoms with Crippen LogP contribution in [0.4, 0.5) is 0 Å². The van der Waals surface area contributed by atoms with Crippen molar-refractivity contribution in [3.8, 4) is 0 Å². The monoisotopic (exact) mass is 110 g/mol. The van der Waals surface area contributed by atoms with E-state index in [0.717, 1.165) is 0 Å². The normalized spacial score (nSPS) is 19.1. The highest BCUT2D eigenvalue weighted by Gasteiger charge is 2.27. The van der Waals surface area contributed by atoms with Crippen molar-refractivity contribution in [1.29, 1.82) is 0 Å². The molecule has 0 aromatic heterocycles. The number of aliphatic hydroxyl groups is 1. The molecule has 8 heavy (non-hydrogen) atoms. The van der Waals surface area contributed by atoms with Gasteiger partial charge in [0.25, 0.3) is 0 Å². The molecule has 0 atom stereocenters. The van der Waals surface area contributed by atoms with Crippen LogP contribution in [0.5, 0.6) is 0 Å². The van der Waals surface area contributed by atoms with Gasteiger partial charge in [0.05, 0.1) is 5.57 Å². The van der Waals surface area contributed by atoms with E-state index in [1.54, 1.807) is 6.92 Å². The van der Waals surface area contributed by atoms with Gasteiger partial charge in [-0.1, -0.05) is 6.58 Å². The fourth-order valence-corrected chi connectivity index (χ4v) is 0.605. The van der Waals surface area contributed by atoms with Gasteiger partial charge in [0, 0.05) is 5.57 Å². The number of carbonyl (C=O) groups is 1. The van der Waals surface area contributed by atoms with Crippen LogP contribution in [0.2, 0.25) is 0 Å². The summed E-state index contributed by atoms with van der Waals surface area (Å²) in [6, 6.07) is 0. The zero-order valence-corrected chi connectivity index (χ0v) is 4.56. The third-order valence-electron chi connectivity index (χ3n) is 1.26. The first-order valence-corrected chi connectivity index (χ1v) is 2.28. The molecule has 1 N–H and O–H groups in total. The lowest BCUT2D eigenvalue weighted by Gasteiger charge is -2.15. The van der Waals surface area contributed by atoms with Crippen molar-refractivity contribution in [3.63, 3.8) is 0 Å². The average Bonchev–Trinajstić information content (AvgIpc) is 1.83. The predicted molar refractivity (Wildman–Crippen MR) is 29.5 cm³/mol. The number of carbonyl (C=O) groups excluding carboxylic acids is 1. The average molecular weight is 110 g/mol. The first-order valence-electron chi connectivity index (χ1n) is 2.28. The first kappa shape index (κ1) is 5.09. The maximum atomic E-state index is 10.5. The summed E-state index contributed by atoms with van der Waals surface area (Å²) in [6.45, 7) is 4.89. The molecule has 2 heteroatoms. The minimum absolute atomic E-state index is 0.0648. The number of allylic oxidation sites excluding steroid dienone is 2. The molecular formula is C6H6O2. The third kappa shape index (κ3) is 0.346. The highest BCUT2D eigenvalue weighted by molar-refractivity contribution is 6.18. The van der Waals surface area contributed by atoms with Crippen LogP contribution in [-0.2, 0) is 4.79 Å². The van der Waals surface area contributed by atoms with E-state index in [1.807, 2.05) is 0 Å². The molecular weight excluding hydrogens is 104 g/mol. The summed E-state index contributed by atoms with van der Waals surface area (Å²) in [4.78, 5) is 10.5. The Morgan fingerprint density at radius 1 is 1.62 bits per heavy atom. The van der Waals surface area contributed by atoms with Gasteiger partial charge >= 0.3 is 0 Å². The second kappa shape index (κ2) is 1.22. The van der Waals surface area contributed by atoms with Gasteiger partial charge in [0.15, 0.2) is 5.78 Å². The van der Waals surface area contributed by atoms with E-state index >= 15 is 0 Å². The fraction of sp³-hybridized carbons (Fsp3) is 0.167. The molecule has 0 saturated carbocycles. The first-order chi connectivity index (χ1) is 3.64. The van der Waals surface area contributed by atoms with E-state index in [1.165, 1.54) is 0 Å². The highest BCUT2D eigenvalue weighted by Crippen LogP contribution is 2.24. The zero-order chi connectivity index (χ0) is 6.31. The number of rotatable bonds is 0. The van der Waals surface area contributed by atoms with E-state index in [0.29, 0.717) is 5.57 Å². The zero-order valence-electron chi connectivity index (χ0n) is 4.56. The molecule has 0 fully saturated rings. The molecule has 42 valence electrons. The molecule has 0 aliphatic heterocycles. The lowest BCUT2D eigenvalue weighted by molar-refractivity contribution is -0.113. The van der Waals surface area contributed by atoms with Crippen LogP contribution in [-0.4, -0.2) is 10.9 Å². The molecule has 1 aliphatic carbocycles. The maximum absolute atomic E-state index is 10.5. The number of hydrogen-bond donors (Lipinski definition) is 1. The summed E-state index contributed by atoms with van der Waals surface area (Å²) < 4.78 is 0. The Bertz CT molecular complexity index is 177. The van der Waals surface area contributed by atoms with Gasteiger partial charge in [-0.2, -0.15) is 0 Å². The summed E-state index contributed by atoms with van der Waals surface area (Å²) >= 11 is 0. The molecule has 1 aliphatic rings. The second-order valence-corrected chi connectivity index (χ2v) is 1.78. The van der Waals surface area contributed by atoms with Gasteiger partial charge < -0.3 is 5.11 Å². The van der Waals surface area contributed by atoms with Crippen LogP contribution in [0.25, 0.3) is 0 Å². The van der Waals surface area contributed by atoms with E-state index < -0.39 is 0 Å². The largest absolute Gasteiger partial charge is 0.507 e. The van der Waals surface area contributed by atoms with Crippen molar-refractivity contribution in [2.75, 3.05) is 0 Å². The Morgan fingerprint density at radius 2 is 2.12 bits per heavy atom. The Balaban J connectivity index is 3.08. The molecule has 0 aromatic carbocycles. The minimum atomic E-state index is -0.123. The van der Waals surface area contributed by atoms with Crippen LogP contribution in [0.3, 0.4) is 0 Å². The summed E-state index contributed by atoms with van der Waals surface area (Å²) in [6.07, 6.45) is 0. The SMILES string of the molecule is C=C1C(=O)C(C)=C1O. The van der Waals surface area contributed by atoms with E-state index in [4.69, 9.17) is 5.11 Å². The molecule has 0 radical (unpaired) electrons. The number of Topliss-reactive ketones (excluding diaryl/α,β-unsaturated/α-hetero) is 1. The summed E-state index contributed by atoms with van der Waals surface area (Å²) in [5.74, 6) is -0.0579. The molecule has 0 saturated heterocycles. The van der Waals surface area contributed by atoms with Crippen LogP contribution in [0.1, 0.15) is 6.92 Å². The quantitative estimate of drug-likeness (QED) is 0.471. The third-order valence-corrected chi connectivity index (χ3v) is 1.26. The highest BCUT2D eigenvalue weighted by atomic mass is 16.3. The topological polar surface area (TPSA) is 37.3 Å². The van der Waals surface area contributed by atoms with Crippen molar-refractivity contribution in [1.82, 2.24) is 0 Å². The molecule has 0 aromatic rings. The number of ketones is 1. The summed E-state index contributed by atoms with van der Waals surface area (Å²) in [5.41, 5.74) is 0.664. The molecule has 0 heterocycles. The van der Waals surface area contributed by atoms with Crippen molar-refractivity contribution in [3.05, 3.63) is 23.5 Å². The molecule has 0 spiro atoms. The maximum Gasteiger partial charge on any atom is 0.195 e. The lowest BCUT2D eigenvalue weighted by Crippen LogP contribution is -2.18. The Morgan fingerprint density at radius 3 is 2.25 bits per heavy atom. The lowest BCUT2D eigenvalue weighted by atomic mass is 9.91. The van der Waals surface area contributed by atoms with Crippen molar-refractivity contribution in [2.24, 2.45) is 0 Å². The summed E-state index contributed by atoms with van der Waals surface area (Å²) in [7, 11) is 0. The van der Waals surface area contributed by atoms with Gasteiger partial charge in [-0.25, -0.2) is 0 Å². The fourth-order valence-electron chi connectivity index (χ4n) is 0.605. The van der Waals surface area contributed by atoms with Crippen LogP contribution < -0.4 is 0 Å². The summed E-state index contributed by atoms with van der Waals surface area (Å²) in [5, 5.41) is 8.71. The molecule has 0 unspecified atom stereocenters. The smallest absolute Gasteiger partial charge is 0.195 e. The van der Waals surface area contributed by atoms with Gasteiger partial charge in [0.1, 0.15) is 5.76 Å². The second-order valence-electron chi connectivity index (χ2n) is 1.78. The molecule has 0 amide bonds. The van der Waals surface area contributed by atoms with Gasteiger partial charge in [-0.05, 0) is 6.92 Å². The molecule has 0 bridgehead atoms. The van der Waals surface area contributed by atoms with E-state index in [2.05, 4.69) is 6.58 Å². The van der Waals surface area contributed by atoms with Gasteiger partial charge in [-0.15, -0.1) is 0 Å². The van der Waals surface area contributed by atoms with Gasteiger partial charge in [-0.3, -0.25) is 4.79 Å². The minimum Gasteiger partial charge on any atom is -0.507 e. The number of aliphatic hydroxyl groups excluding tert-OH is 1. The molecule has 1 rings (SSSR count). The predicted octanol–water partition coefficient (Wildman–Crippen LogP) is 0.957. The Hall–Kier alpha value is -1.05. The standard InChI is InChI=1S/C6H6O2/c1-3-5(7)4(2)6(3)8/h7H,1H2,2H3. The van der Waals surface area contributed by atoms with Crippen molar-refractivity contribution in [2.45, 2.75) is 6.92 Å². The van der Waals surface area contributed by atoms with Crippen molar-refractivity contribution >= 4 is 5.78 Å². The van der Waals surface area contributed by atoms with E-state index in [9.17, 15) is 4.79 Å². The Kier molecular flexibility index (Phi) is 0.774. The molecule has 2 nitrogen and oxygen atoms in total. The van der Waals surface area contributed by atoms with Crippen LogP contribution in [0, 0.1) is 0 Å². The van der Waals surface area contributed by atoms with Gasteiger partial charge in [0.2, 0.25) is 0 Å². The van der Waals surface area contributed by atoms with E-state index in [-0.39, 0.29) is 17.1 Å². The number of hydrogen-bond acceptors (Lipinski definition) is 2.